The number of benzene rings is 2. The van der Waals surface area contributed by atoms with Crippen LogP contribution in [0.2, 0.25) is 5.02 Å². The molecule has 0 bridgehead atoms. The number of methoxy groups -OCH3 is 1. The molecule has 0 aliphatic carbocycles. The summed E-state index contributed by atoms with van der Waals surface area (Å²) in [6, 6.07) is 10.8. The summed E-state index contributed by atoms with van der Waals surface area (Å²) in [4.78, 5) is 0.0596. The van der Waals surface area contributed by atoms with E-state index in [1.807, 2.05) is 0 Å². The van der Waals surface area contributed by atoms with Gasteiger partial charge in [-0.3, -0.25) is 0 Å². The van der Waals surface area contributed by atoms with E-state index in [0.29, 0.717) is 33.1 Å². The standard InChI is InChI=1S/C20H18ClN3O5S/c1-12-18(13(2)29-23-12)11-28-20-17-10-15(27-3)6-9-19(17)24(22-20)30(25,26)16-7-4-14(21)5-8-16/h4-10H,11H2,1-3H3. The molecular formula is C20H18ClN3O5S. The number of nitrogens with zero attached hydrogens (tertiary/aromatic N) is 3. The minimum absolute atomic E-state index is 0.0596. The second kappa shape index (κ2) is 7.66. The van der Waals surface area contributed by atoms with Crippen LogP contribution in [0.4, 0.5) is 0 Å². The van der Waals surface area contributed by atoms with Crippen molar-refractivity contribution in [1.82, 2.24) is 14.3 Å². The van der Waals surface area contributed by atoms with Crippen LogP contribution in [-0.4, -0.2) is 29.9 Å². The SMILES string of the molecule is COc1ccc2c(c1)c(OCc1c(C)noc1C)nn2S(=O)(=O)c1ccc(Cl)cc1. The van der Waals surface area contributed by atoms with Crippen LogP contribution in [-0.2, 0) is 16.6 Å². The molecule has 2 aromatic heterocycles. The normalized spacial score (nSPS) is 11.7. The number of rotatable bonds is 6. The lowest BCUT2D eigenvalue weighted by Gasteiger charge is -2.06. The van der Waals surface area contributed by atoms with Gasteiger partial charge in [-0.15, -0.1) is 9.19 Å². The predicted octanol–water partition coefficient (Wildman–Crippen LogP) is 4.12. The van der Waals surface area contributed by atoms with Crippen molar-refractivity contribution >= 4 is 32.5 Å². The number of halogens is 1. The van der Waals surface area contributed by atoms with E-state index in [2.05, 4.69) is 10.3 Å². The summed E-state index contributed by atoms with van der Waals surface area (Å²) in [6.07, 6.45) is 0. The van der Waals surface area contributed by atoms with E-state index in [1.54, 1.807) is 32.0 Å². The molecule has 10 heteroatoms. The number of aromatic nitrogens is 3. The number of hydrogen-bond donors (Lipinski definition) is 0. The van der Waals surface area contributed by atoms with E-state index in [-0.39, 0.29) is 17.4 Å². The van der Waals surface area contributed by atoms with Crippen LogP contribution in [0.25, 0.3) is 10.9 Å². The summed E-state index contributed by atoms with van der Waals surface area (Å²) in [5, 5.41) is 9.10. The molecule has 2 aromatic carbocycles. The molecule has 0 amide bonds. The molecule has 156 valence electrons. The second-order valence-corrected chi connectivity index (χ2v) is 8.79. The fourth-order valence-corrected chi connectivity index (χ4v) is 4.42. The van der Waals surface area contributed by atoms with Gasteiger partial charge in [-0.2, -0.15) is 8.42 Å². The maximum Gasteiger partial charge on any atom is 0.283 e. The van der Waals surface area contributed by atoms with Crippen molar-refractivity contribution in [2.75, 3.05) is 7.11 Å². The van der Waals surface area contributed by atoms with Crippen molar-refractivity contribution in [3.63, 3.8) is 0 Å². The molecule has 0 atom stereocenters. The quantitative estimate of drug-likeness (QED) is 0.438. The van der Waals surface area contributed by atoms with Crippen molar-refractivity contribution in [3.8, 4) is 11.6 Å². The summed E-state index contributed by atoms with van der Waals surface area (Å²) in [5.74, 6) is 1.33. The van der Waals surface area contributed by atoms with E-state index in [4.69, 9.17) is 25.6 Å². The maximum absolute atomic E-state index is 13.2. The summed E-state index contributed by atoms with van der Waals surface area (Å²) >= 11 is 5.89. The topological polar surface area (TPSA) is 96.4 Å². The van der Waals surface area contributed by atoms with Gasteiger partial charge >= 0.3 is 0 Å². The van der Waals surface area contributed by atoms with E-state index < -0.39 is 10.0 Å². The molecule has 0 saturated carbocycles. The van der Waals surface area contributed by atoms with Crippen LogP contribution in [0.15, 0.2) is 51.9 Å². The molecule has 0 spiro atoms. The molecular weight excluding hydrogens is 430 g/mol. The molecule has 0 aliphatic rings. The maximum atomic E-state index is 13.2. The summed E-state index contributed by atoms with van der Waals surface area (Å²) in [7, 11) is -2.45. The molecule has 0 fully saturated rings. The van der Waals surface area contributed by atoms with Crippen molar-refractivity contribution in [1.29, 1.82) is 0 Å². The number of fused-ring (bicyclic) bond motifs is 1. The Bertz CT molecular complexity index is 1310. The highest BCUT2D eigenvalue weighted by Crippen LogP contribution is 2.32. The van der Waals surface area contributed by atoms with Crippen LogP contribution < -0.4 is 9.47 Å². The van der Waals surface area contributed by atoms with Crippen molar-refractivity contribution < 1.29 is 22.4 Å². The molecule has 2 heterocycles. The summed E-state index contributed by atoms with van der Waals surface area (Å²) < 4.78 is 43.7. The smallest absolute Gasteiger partial charge is 0.283 e. The zero-order chi connectivity index (χ0) is 21.5. The molecule has 0 unspecified atom stereocenters. The van der Waals surface area contributed by atoms with Gasteiger partial charge in [0.25, 0.3) is 10.0 Å². The first-order valence-electron chi connectivity index (χ1n) is 8.93. The Morgan fingerprint density at radius 3 is 2.50 bits per heavy atom. The van der Waals surface area contributed by atoms with Gasteiger partial charge < -0.3 is 14.0 Å². The van der Waals surface area contributed by atoms with Gasteiger partial charge in [0.1, 0.15) is 18.1 Å². The van der Waals surface area contributed by atoms with Gasteiger partial charge in [0, 0.05) is 5.02 Å². The van der Waals surface area contributed by atoms with Gasteiger partial charge in [0.15, 0.2) is 0 Å². The monoisotopic (exact) mass is 447 g/mol. The van der Waals surface area contributed by atoms with Crippen LogP contribution in [0.5, 0.6) is 11.6 Å². The van der Waals surface area contributed by atoms with E-state index in [1.165, 1.54) is 31.4 Å². The number of aryl methyl sites for hydroxylation is 2. The van der Waals surface area contributed by atoms with E-state index in [0.717, 1.165) is 9.65 Å². The summed E-state index contributed by atoms with van der Waals surface area (Å²) in [5.41, 5.74) is 1.84. The molecule has 0 radical (unpaired) electrons. The van der Waals surface area contributed by atoms with Crippen LogP contribution in [0.1, 0.15) is 17.0 Å². The third-order valence-corrected chi connectivity index (χ3v) is 6.55. The third kappa shape index (κ3) is 3.50. The molecule has 0 saturated heterocycles. The molecule has 0 N–H and O–H groups in total. The first-order chi connectivity index (χ1) is 14.3. The molecule has 8 nitrogen and oxygen atoms in total. The Kier molecular flexibility index (Phi) is 5.17. The van der Waals surface area contributed by atoms with Crippen LogP contribution >= 0.6 is 11.6 Å². The molecule has 0 aliphatic heterocycles. The lowest BCUT2D eigenvalue weighted by molar-refractivity contribution is 0.291. The highest BCUT2D eigenvalue weighted by Gasteiger charge is 2.24. The van der Waals surface area contributed by atoms with Crippen molar-refractivity contribution in [2.45, 2.75) is 25.3 Å². The van der Waals surface area contributed by atoms with Gasteiger partial charge in [-0.25, -0.2) is 0 Å². The fourth-order valence-electron chi connectivity index (χ4n) is 3.02. The van der Waals surface area contributed by atoms with Gasteiger partial charge in [0.05, 0.1) is 34.2 Å². The van der Waals surface area contributed by atoms with Crippen LogP contribution in [0.3, 0.4) is 0 Å². The Balaban J connectivity index is 1.82. The number of ether oxygens (including phenoxy) is 2. The van der Waals surface area contributed by atoms with Gasteiger partial charge in [-0.1, -0.05) is 16.8 Å². The Labute approximate surface area is 178 Å². The number of hydrogen-bond acceptors (Lipinski definition) is 7. The minimum atomic E-state index is -3.97. The van der Waals surface area contributed by atoms with Crippen LogP contribution in [0, 0.1) is 13.8 Å². The average molecular weight is 448 g/mol. The molecule has 4 rings (SSSR count). The first-order valence-corrected chi connectivity index (χ1v) is 10.8. The molecule has 30 heavy (non-hydrogen) atoms. The largest absolute Gasteiger partial charge is 0.497 e. The first kappa shape index (κ1) is 20.2. The van der Waals surface area contributed by atoms with E-state index in [9.17, 15) is 8.42 Å². The van der Waals surface area contributed by atoms with Gasteiger partial charge in [0.2, 0.25) is 5.88 Å². The zero-order valence-electron chi connectivity index (χ0n) is 16.4. The van der Waals surface area contributed by atoms with Crippen molar-refractivity contribution in [2.24, 2.45) is 0 Å². The van der Waals surface area contributed by atoms with Gasteiger partial charge in [-0.05, 0) is 56.3 Å². The lowest BCUT2D eigenvalue weighted by atomic mass is 10.2. The second-order valence-electron chi connectivity index (χ2n) is 6.58. The van der Waals surface area contributed by atoms with Crippen molar-refractivity contribution in [3.05, 3.63) is 64.5 Å². The summed E-state index contributed by atoms with van der Waals surface area (Å²) in [6.45, 7) is 3.72. The Morgan fingerprint density at radius 1 is 1.13 bits per heavy atom. The Hall–Kier alpha value is -3.04. The third-order valence-electron chi connectivity index (χ3n) is 4.70. The fraction of sp³-hybridized carbons (Fsp3) is 0.200. The lowest BCUT2D eigenvalue weighted by Crippen LogP contribution is -2.14. The highest BCUT2D eigenvalue weighted by atomic mass is 35.5. The minimum Gasteiger partial charge on any atom is -0.497 e. The Morgan fingerprint density at radius 2 is 1.87 bits per heavy atom. The predicted molar refractivity (Wildman–Crippen MR) is 111 cm³/mol. The highest BCUT2D eigenvalue weighted by molar-refractivity contribution is 7.90. The van der Waals surface area contributed by atoms with E-state index >= 15 is 0 Å². The molecule has 4 aromatic rings. The average Bonchev–Trinajstić information content (AvgIpc) is 3.26. The zero-order valence-corrected chi connectivity index (χ0v) is 18.0.